The van der Waals surface area contributed by atoms with E-state index in [1.807, 2.05) is 0 Å². The zero-order valence-corrected chi connectivity index (χ0v) is 11.7. The fourth-order valence-electron chi connectivity index (χ4n) is 4.65. The molecule has 1 unspecified atom stereocenters. The second-order valence-corrected chi connectivity index (χ2v) is 6.98. The summed E-state index contributed by atoms with van der Waals surface area (Å²) in [6, 6.07) is 7.22. The number of aryl methyl sites for hydroxylation is 1. The summed E-state index contributed by atoms with van der Waals surface area (Å²) in [7, 11) is 0. The molecule has 0 bridgehead atoms. The third kappa shape index (κ3) is 1.88. The molecule has 1 aromatic rings. The van der Waals surface area contributed by atoms with E-state index in [-0.39, 0.29) is 0 Å². The summed E-state index contributed by atoms with van der Waals surface area (Å²) >= 11 is 0. The van der Waals surface area contributed by atoms with E-state index in [1.165, 1.54) is 63.6 Å². The Labute approximate surface area is 116 Å². The van der Waals surface area contributed by atoms with E-state index in [4.69, 9.17) is 5.73 Å². The van der Waals surface area contributed by atoms with E-state index in [0.717, 1.165) is 5.69 Å². The molecule has 3 aliphatic rings. The smallest absolute Gasteiger partial charge is 0.0354 e. The standard InChI is InChI=1S/C17H24N2/c18-14-5-6-15-13(10-14)4-7-16(15)19-11-17(12-19)8-2-1-3-9-17/h5-6,10,16H,1-4,7-9,11-12,18H2. The van der Waals surface area contributed by atoms with E-state index in [2.05, 4.69) is 23.1 Å². The number of anilines is 1. The summed E-state index contributed by atoms with van der Waals surface area (Å²) < 4.78 is 0. The molecule has 2 fully saturated rings. The van der Waals surface area contributed by atoms with Crippen LogP contribution < -0.4 is 5.73 Å². The monoisotopic (exact) mass is 256 g/mol. The number of nitrogen functional groups attached to an aromatic ring is 1. The second-order valence-electron chi connectivity index (χ2n) is 6.98. The number of fused-ring (bicyclic) bond motifs is 1. The van der Waals surface area contributed by atoms with E-state index < -0.39 is 0 Å². The summed E-state index contributed by atoms with van der Waals surface area (Å²) in [5, 5.41) is 0. The molecule has 1 saturated carbocycles. The van der Waals surface area contributed by atoms with Gasteiger partial charge in [-0.15, -0.1) is 0 Å². The zero-order chi connectivity index (χ0) is 12.9. The van der Waals surface area contributed by atoms with Crippen molar-refractivity contribution in [1.29, 1.82) is 0 Å². The van der Waals surface area contributed by atoms with Crippen LogP contribution in [-0.4, -0.2) is 18.0 Å². The molecule has 1 aromatic carbocycles. The van der Waals surface area contributed by atoms with Gasteiger partial charge < -0.3 is 5.73 Å². The lowest BCUT2D eigenvalue weighted by Crippen LogP contribution is -2.57. The van der Waals surface area contributed by atoms with Crippen LogP contribution in [0.4, 0.5) is 5.69 Å². The number of hydrogen-bond acceptors (Lipinski definition) is 2. The Morgan fingerprint density at radius 3 is 2.68 bits per heavy atom. The Bertz CT molecular complexity index is 480. The molecule has 0 aromatic heterocycles. The molecule has 1 atom stereocenters. The first-order valence-electron chi connectivity index (χ1n) is 7.88. The van der Waals surface area contributed by atoms with Crippen LogP contribution in [-0.2, 0) is 6.42 Å². The van der Waals surface area contributed by atoms with Gasteiger partial charge in [-0.1, -0.05) is 25.3 Å². The molecule has 2 N–H and O–H groups in total. The molecule has 102 valence electrons. The Hall–Kier alpha value is -1.02. The highest BCUT2D eigenvalue weighted by atomic mass is 15.2. The minimum Gasteiger partial charge on any atom is -0.399 e. The molecule has 4 rings (SSSR count). The number of hydrogen-bond donors (Lipinski definition) is 1. The van der Waals surface area contributed by atoms with Gasteiger partial charge in [0.25, 0.3) is 0 Å². The minimum atomic E-state index is 0.683. The van der Waals surface area contributed by atoms with Gasteiger partial charge in [0, 0.05) is 24.8 Å². The van der Waals surface area contributed by atoms with Crippen molar-refractivity contribution in [2.75, 3.05) is 18.8 Å². The number of nitrogens with two attached hydrogens (primary N) is 1. The lowest BCUT2D eigenvalue weighted by molar-refractivity contribution is -0.0555. The summed E-state index contributed by atoms with van der Waals surface area (Å²) in [4.78, 5) is 2.73. The van der Waals surface area contributed by atoms with Gasteiger partial charge in [0.1, 0.15) is 0 Å². The molecule has 19 heavy (non-hydrogen) atoms. The van der Waals surface area contributed by atoms with Crippen LogP contribution in [0.25, 0.3) is 0 Å². The fourth-order valence-corrected chi connectivity index (χ4v) is 4.65. The predicted molar refractivity (Wildman–Crippen MR) is 79.0 cm³/mol. The fraction of sp³-hybridized carbons (Fsp3) is 0.647. The topological polar surface area (TPSA) is 29.3 Å². The average molecular weight is 256 g/mol. The summed E-state index contributed by atoms with van der Waals surface area (Å²) in [5.74, 6) is 0. The van der Waals surface area contributed by atoms with Crippen LogP contribution in [0.15, 0.2) is 18.2 Å². The third-order valence-electron chi connectivity index (χ3n) is 5.65. The summed E-state index contributed by atoms with van der Waals surface area (Å²) in [6.07, 6.45) is 9.86. The van der Waals surface area contributed by atoms with Gasteiger partial charge in [-0.2, -0.15) is 0 Å². The maximum atomic E-state index is 5.90. The SMILES string of the molecule is Nc1ccc2c(c1)CCC2N1CC2(CCCCC2)C1. The third-order valence-corrected chi connectivity index (χ3v) is 5.65. The van der Waals surface area contributed by atoms with E-state index in [1.54, 1.807) is 5.56 Å². The van der Waals surface area contributed by atoms with Crippen LogP contribution >= 0.6 is 0 Å². The average Bonchev–Trinajstić information content (AvgIpc) is 2.79. The number of rotatable bonds is 1. The van der Waals surface area contributed by atoms with Gasteiger partial charge in [-0.05, 0) is 54.4 Å². The van der Waals surface area contributed by atoms with E-state index in [0.29, 0.717) is 11.5 Å². The van der Waals surface area contributed by atoms with E-state index in [9.17, 15) is 0 Å². The molecule has 1 aliphatic heterocycles. The van der Waals surface area contributed by atoms with Crippen molar-refractivity contribution in [2.45, 2.75) is 51.0 Å². The van der Waals surface area contributed by atoms with Crippen LogP contribution in [0.5, 0.6) is 0 Å². The van der Waals surface area contributed by atoms with Crippen LogP contribution in [0.2, 0.25) is 0 Å². The molecular formula is C17H24N2. The highest BCUT2D eigenvalue weighted by Crippen LogP contribution is 2.49. The largest absolute Gasteiger partial charge is 0.399 e. The van der Waals surface area contributed by atoms with Crippen LogP contribution in [0.3, 0.4) is 0 Å². The molecular weight excluding hydrogens is 232 g/mol. The normalized spacial score (nSPS) is 29.2. The van der Waals surface area contributed by atoms with Crippen molar-refractivity contribution >= 4 is 5.69 Å². The Morgan fingerprint density at radius 1 is 1.11 bits per heavy atom. The van der Waals surface area contributed by atoms with E-state index >= 15 is 0 Å². The number of likely N-dealkylation sites (tertiary alicyclic amines) is 1. The molecule has 0 radical (unpaired) electrons. The van der Waals surface area contributed by atoms with Crippen LogP contribution in [0, 0.1) is 5.41 Å². The van der Waals surface area contributed by atoms with Gasteiger partial charge >= 0.3 is 0 Å². The second kappa shape index (κ2) is 4.24. The van der Waals surface area contributed by atoms with Crippen LogP contribution in [0.1, 0.15) is 55.7 Å². The minimum absolute atomic E-state index is 0.683. The number of benzene rings is 1. The first kappa shape index (κ1) is 11.8. The van der Waals surface area contributed by atoms with Gasteiger partial charge in [0.2, 0.25) is 0 Å². The molecule has 1 saturated heterocycles. The van der Waals surface area contributed by atoms with Gasteiger partial charge in [0.05, 0.1) is 0 Å². The van der Waals surface area contributed by atoms with Gasteiger partial charge in [0.15, 0.2) is 0 Å². The lowest BCUT2D eigenvalue weighted by atomic mass is 9.68. The van der Waals surface area contributed by atoms with Gasteiger partial charge in [-0.25, -0.2) is 0 Å². The van der Waals surface area contributed by atoms with Crippen molar-refractivity contribution < 1.29 is 0 Å². The Kier molecular flexibility index (Phi) is 2.63. The molecule has 2 heteroatoms. The van der Waals surface area contributed by atoms with Crippen molar-refractivity contribution in [3.8, 4) is 0 Å². The van der Waals surface area contributed by atoms with Crippen molar-refractivity contribution in [2.24, 2.45) is 5.41 Å². The zero-order valence-electron chi connectivity index (χ0n) is 11.7. The van der Waals surface area contributed by atoms with Crippen molar-refractivity contribution in [1.82, 2.24) is 4.90 Å². The first-order chi connectivity index (χ1) is 9.26. The lowest BCUT2D eigenvalue weighted by Gasteiger charge is -2.55. The quantitative estimate of drug-likeness (QED) is 0.779. The molecule has 2 nitrogen and oxygen atoms in total. The Morgan fingerprint density at radius 2 is 1.89 bits per heavy atom. The highest BCUT2D eigenvalue weighted by molar-refractivity contribution is 5.48. The van der Waals surface area contributed by atoms with Gasteiger partial charge in [-0.3, -0.25) is 4.90 Å². The maximum absolute atomic E-state index is 5.90. The Balaban J connectivity index is 1.49. The molecule has 1 heterocycles. The highest BCUT2D eigenvalue weighted by Gasteiger charge is 2.46. The molecule has 2 aliphatic carbocycles. The maximum Gasteiger partial charge on any atom is 0.0354 e. The van der Waals surface area contributed by atoms with Crippen molar-refractivity contribution in [3.05, 3.63) is 29.3 Å². The molecule has 1 spiro atoms. The van der Waals surface area contributed by atoms with Crippen molar-refractivity contribution in [3.63, 3.8) is 0 Å². The summed E-state index contributed by atoms with van der Waals surface area (Å²) in [5.41, 5.74) is 10.6. The first-order valence-corrected chi connectivity index (χ1v) is 7.88. The number of nitrogens with zero attached hydrogens (tertiary/aromatic N) is 1. The molecule has 0 amide bonds. The summed E-state index contributed by atoms with van der Waals surface area (Å²) in [6.45, 7) is 2.70. The predicted octanol–water partition coefficient (Wildman–Crippen LogP) is 3.52.